The number of hydrogen-bond acceptors (Lipinski definition) is 2. The van der Waals surface area contributed by atoms with Crippen LogP contribution in [0.5, 0.6) is 0 Å². The Morgan fingerprint density at radius 2 is 2.08 bits per heavy atom. The maximum atomic E-state index is 5.53. The molecule has 0 aromatic rings. The molecule has 0 saturated carbocycles. The van der Waals surface area contributed by atoms with Crippen molar-refractivity contribution in [2.45, 2.75) is 31.7 Å². The van der Waals surface area contributed by atoms with Gasteiger partial charge in [0.05, 0.1) is 6.10 Å². The van der Waals surface area contributed by atoms with Crippen LogP contribution in [-0.2, 0) is 9.47 Å². The monoisotopic (exact) mass is 168 g/mol. The lowest BCUT2D eigenvalue weighted by molar-refractivity contribution is -0.169. The van der Waals surface area contributed by atoms with E-state index >= 15 is 0 Å². The Bertz CT molecular complexity index is 140. The number of ether oxygens (including phenoxy) is 2. The summed E-state index contributed by atoms with van der Waals surface area (Å²) in [5.41, 5.74) is 0. The van der Waals surface area contributed by atoms with Crippen LogP contribution in [0.4, 0.5) is 0 Å². The highest BCUT2D eigenvalue weighted by atomic mass is 16.7. The van der Waals surface area contributed by atoms with Crippen molar-refractivity contribution in [2.24, 2.45) is 0 Å². The zero-order valence-electron chi connectivity index (χ0n) is 7.37. The molecule has 0 aliphatic carbocycles. The molecule has 2 heteroatoms. The fraction of sp³-hybridized carbons (Fsp3) is 0.600. The predicted octanol–water partition coefficient (Wildman–Crippen LogP) is 2.27. The summed E-state index contributed by atoms with van der Waals surface area (Å²) in [6.45, 7) is 8.10. The molecule has 2 nitrogen and oxygen atoms in total. The summed E-state index contributed by atoms with van der Waals surface area (Å²) >= 11 is 0. The summed E-state index contributed by atoms with van der Waals surface area (Å²) in [6, 6.07) is 0. The number of rotatable bonds is 4. The van der Waals surface area contributed by atoms with E-state index in [-0.39, 0.29) is 12.4 Å². The van der Waals surface area contributed by atoms with E-state index in [1.54, 1.807) is 12.2 Å². The van der Waals surface area contributed by atoms with Gasteiger partial charge in [0.1, 0.15) is 0 Å². The second-order valence-electron chi connectivity index (χ2n) is 2.87. The van der Waals surface area contributed by atoms with E-state index in [0.717, 1.165) is 19.4 Å². The Labute approximate surface area is 73.9 Å². The zero-order chi connectivity index (χ0) is 8.81. The molecule has 0 aromatic heterocycles. The highest BCUT2D eigenvalue weighted by molar-refractivity contribution is 4.94. The summed E-state index contributed by atoms with van der Waals surface area (Å²) in [5, 5.41) is 0. The van der Waals surface area contributed by atoms with Crippen molar-refractivity contribution in [1.82, 2.24) is 0 Å². The minimum Gasteiger partial charge on any atom is -0.353 e. The van der Waals surface area contributed by atoms with E-state index in [2.05, 4.69) is 13.2 Å². The minimum absolute atomic E-state index is 0.0558. The van der Waals surface area contributed by atoms with Crippen molar-refractivity contribution < 1.29 is 9.47 Å². The van der Waals surface area contributed by atoms with Gasteiger partial charge >= 0.3 is 0 Å². The zero-order valence-corrected chi connectivity index (χ0v) is 7.37. The Hall–Kier alpha value is -0.600. The van der Waals surface area contributed by atoms with Crippen LogP contribution in [0.25, 0.3) is 0 Å². The van der Waals surface area contributed by atoms with Gasteiger partial charge in [0.2, 0.25) is 0 Å². The fourth-order valence-electron chi connectivity index (χ4n) is 1.20. The van der Waals surface area contributed by atoms with Crippen molar-refractivity contribution in [2.75, 3.05) is 6.61 Å². The summed E-state index contributed by atoms with van der Waals surface area (Å²) in [4.78, 5) is 0. The summed E-state index contributed by atoms with van der Waals surface area (Å²) in [7, 11) is 0. The molecule has 0 amide bonds. The predicted molar refractivity (Wildman–Crippen MR) is 48.9 cm³/mol. The Balaban J connectivity index is 2.27. The highest BCUT2D eigenvalue weighted by Gasteiger charge is 2.15. The van der Waals surface area contributed by atoms with Crippen LogP contribution < -0.4 is 0 Å². The lowest BCUT2D eigenvalue weighted by Gasteiger charge is -2.24. The molecule has 1 atom stereocenters. The highest BCUT2D eigenvalue weighted by Crippen LogP contribution is 2.15. The molecule has 1 heterocycles. The molecule has 1 saturated heterocycles. The van der Waals surface area contributed by atoms with Gasteiger partial charge in [-0.05, 0) is 19.3 Å². The lowest BCUT2D eigenvalue weighted by Crippen LogP contribution is -2.25. The Morgan fingerprint density at radius 3 is 2.58 bits per heavy atom. The van der Waals surface area contributed by atoms with Crippen LogP contribution in [0, 0.1) is 0 Å². The standard InChI is InChI=1S/C10H16O2/c1-3-9(4-2)12-10-7-5-6-8-11-10/h3-4,9-10H,1-2,5-8H2. The van der Waals surface area contributed by atoms with Crippen molar-refractivity contribution in [3.05, 3.63) is 25.3 Å². The van der Waals surface area contributed by atoms with Crippen molar-refractivity contribution in [3.63, 3.8) is 0 Å². The summed E-state index contributed by atoms with van der Waals surface area (Å²) < 4.78 is 10.9. The summed E-state index contributed by atoms with van der Waals surface area (Å²) in [5.74, 6) is 0. The molecule has 1 fully saturated rings. The van der Waals surface area contributed by atoms with E-state index in [1.165, 1.54) is 6.42 Å². The lowest BCUT2D eigenvalue weighted by atomic mass is 10.2. The first-order chi connectivity index (χ1) is 5.86. The van der Waals surface area contributed by atoms with Gasteiger partial charge in [-0.2, -0.15) is 0 Å². The van der Waals surface area contributed by atoms with Crippen LogP contribution in [0.1, 0.15) is 19.3 Å². The normalized spacial score (nSPS) is 23.9. The Morgan fingerprint density at radius 1 is 1.33 bits per heavy atom. The third-order valence-corrected chi connectivity index (χ3v) is 1.91. The van der Waals surface area contributed by atoms with Gasteiger partial charge in [-0.15, -0.1) is 13.2 Å². The average molecular weight is 168 g/mol. The molecular formula is C10H16O2. The van der Waals surface area contributed by atoms with E-state index < -0.39 is 0 Å². The molecule has 1 rings (SSSR count). The fourth-order valence-corrected chi connectivity index (χ4v) is 1.20. The maximum Gasteiger partial charge on any atom is 0.158 e. The van der Waals surface area contributed by atoms with E-state index in [9.17, 15) is 0 Å². The molecular weight excluding hydrogens is 152 g/mol. The second-order valence-corrected chi connectivity index (χ2v) is 2.87. The topological polar surface area (TPSA) is 18.5 Å². The van der Waals surface area contributed by atoms with E-state index in [4.69, 9.17) is 9.47 Å². The van der Waals surface area contributed by atoms with E-state index in [0.29, 0.717) is 0 Å². The summed E-state index contributed by atoms with van der Waals surface area (Å²) in [6.07, 6.45) is 6.64. The third-order valence-electron chi connectivity index (χ3n) is 1.91. The maximum absolute atomic E-state index is 5.53. The van der Waals surface area contributed by atoms with Crippen LogP contribution >= 0.6 is 0 Å². The van der Waals surface area contributed by atoms with Gasteiger partial charge in [-0.25, -0.2) is 0 Å². The van der Waals surface area contributed by atoms with Gasteiger partial charge in [0.25, 0.3) is 0 Å². The SMILES string of the molecule is C=CC(C=C)OC1CCCCO1. The Kier molecular flexibility index (Phi) is 4.05. The van der Waals surface area contributed by atoms with Crippen molar-refractivity contribution in [1.29, 1.82) is 0 Å². The van der Waals surface area contributed by atoms with Crippen LogP contribution in [-0.4, -0.2) is 19.0 Å². The van der Waals surface area contributed by atoms with Crippen molar-refractivity contribution in [3.8, 4) is 0 Å². The molecule has 0 aromatic carbocycles. The molecule has 1 aliphatic heterocycles. The first-order valence-corrected chi connectivity index (χ1v) is 4.39. The average Bonchev–Trinajstić information content (AvgIpc) is 2.16. The smallest absolute Gasteiger partial charge is 0.158 e. The third kappa shape index (κ3) is 2.80. The first kappa shape index (κ1) is 9.49. The number of hydrogen-bond donors (Lipinski definition) is 0. The molecule has 68 valence electrons. The van der Waals surface area contributed by atoms with Gasteiger partial charge in [-0.1, -0.05) is 12.2 Å². The quantitative estimate of drug-likeness (QED) is 0.599. The molecule has 1 unspecified atom stereocenters. The van der Waals surface area contributed by atoms with E-state index in [1.807, 2.05) is 0 Å². The molecule has 0 radical (unpaired) electrons. The molecule has 0 spiro atoms. The van der Waals surface area contributed by atoms with Gasteiger partial charge in [0, 0.05) is 6.61 Å². The minimum atomic E-state index is -0.0758. The van der Waals surface area contributed by atoms with Gasteiger partial charge in [0.15, 0.2) is 6.29 Å². The second kappa shape index (κ2) is 5.12. The largest absolute Gasteiger partial charge is 0.353 e. The van der Waals surface area contributed by atoms with Crippen LogP contribution in [0.3, 0.4) is 0 Å². The molecule has 0 N–H and O–H groups in total. The molecule has 12 heavy (non-hydrogen) atoms. The first-order valence-electron chi connectivity index (χ1n) is 4.39. The van der Waals surface area contributed by atoms with Crippen molar-refractivity contribution >= 4 is 0 Å². The van der Waals surface area contributed by atoms with Crippen LogP contribution in [0.2, 0.25) is 0 Å². The van der Waals surface area contributed by atoms with Crippen LogP contribution in [0.15, 0.2) is 25.3 Å². The molecule has 1 aliphatic rings. The van der Waals surface area contributed by atoms with Gasteiger partial charge in [-0.3, -0.25) is 0 Å². The van der Waals surface area contributed by atoms with Gasteiger partial charge < -0.3 is 9.47 Å². The molecule has 0 bridgehead atoms.